The lowest BCUT2D eigenvalue weighted by molar-refractivity contribution is -0.117. The van der Waals surface area contributed by atoms with Crippen LogP contribution in [0.15, 0.2) is 36.5 Å². The number of hydrogen-bond donors (Lipinski definition) is 6. The van der Waals surface area contributed by atoms with E-state index in [0.29, 0.717) is 11.2 Å². The van der Waals surface area contributed by atoms with Crippen molar-refractivity contribution < 1.29 is 43.3 Å². The molecular weight excluding hydrogens is 540 g/mol. The van der Waals surface area contributed by atoms with Crippen molar-refractivity contribution >= 4 is 43.6 Å². The molecule has 0 radical (unpaired) electrons. The molecule has 36 heavy (non-hydrogen) atoms. The fourth-order valence-electron chi connectivity index (χ4n) is 3.34. The van der Waals surface area contributed by atoms with E-state index in [9.17, 15) is 24.2 Å². The van der Waals surface area contributed by atoms with E-state index >= 15 is 0 Å². The molecular formula is C19H26ClN5O9P2. The van der Waals surface area contributed by atoms with E-state index < -0.39 is 46.1 Å². The van der Waals surface area contributed by atoms with Crippen molar-refractivity contribution in [3.63, 3.8) is 0 Å². The Morgan fingerprint density at radius 3 is 2.42 bits per heavy atom. The predicted molar refractivity (Wildman–Crippen MR) is 130 cm³/mol. The summed E-state index contributed by atoms with van der Waals surface area (Å²) in [7, 11) is -8.41. The van der Waals surface area contributed by atoms with E-state index in [-0.39, 0.29) is 17.0 Å². The summed E-state index contributed by atoms with van der Waals surface area (Å²) in [6.07, 6.45) is -3.56. The number of fused-ring (bicyclic) bond motifs is 1. The largest absolute Gasteiger partial charge is 0.386 e. The molecule has 0 bridgehead atoms. The van der Waals surface area contributed by atoms with Gasteiger partial charge in [0, 0.05) is 13.2 Å². The van der Waals surface area contributed by atoms with Crippen LogP contribution in [0.1, 0.15) is 24.8 Å². The summed E-state index contributed by atoms with van der Waals surface area (Å²) in [4.78, 5) is 35.7. The fourth-order valence-corrected chi connectivity index (χ4v) is 6.07. The summed E-state index contributed by atoms with van der Waals surface area (Å²) in [5.74, 6) is -1.08. The number of aliphatic hydroxyl groups excluding tert-OH is 2. The molecule has 0 saturated heterocycles. The van der Waals surface area contributed by atoms with Crippen LogP contribution in [0.25, 0.3) is 11.0 Å². The van der Waals surface area contributed by atoms with Gasteiger partial charge in [0.05, 0.1) is 18.2 Å². The molecule has 0 aliphatic rings. The van der Waals surface area contributed by atoms with E-state index in [1.54, 1.807) is 0 Å². The van der Waals surface area contributed by atoms with Crippen molar-refractivity contribution in [2.75, 3.05) is 24.9 Å². The van der Waals surface area contributed by atoms with Crippen LogP contribution < -0.4 is 5.32 Å². The molecule has 0 saturated carbocycles. The van der Waals surface area contributed by atoms with Gasteiger partial charge in [0.25, 0.3) is 0 Å². The Kier molecular flexibility index (Phi) is 9.23. The minimum atomic E-state index is -4.84. The number of benzene rings is 1. The number of anilines is 1. The van der Waals surface area contributed by atoms with Gasteiger partial charge in [-0.15, -0.1) is 0 Å². The van der Waals surface area contributed by atoms with Gasteiger partial charge in [-0.1, -0.05) is 30.3 Å². The zero-order chi connectivity index (χ0) is 26.7. The van der Waals surface area contributed by atoms with Gasteiger partial charge in [0.2, 0.25) is 5.28 Å². The Bertz CT molecular complexity index is 1270. The first-order valence-electron chi connectivity index (χ1n) is 10.4. The van der Waals surface area contributed by atoms with Crippen LogP contribution in [-0.2, 0) is 18.4 Å². The molecule has 3 aromatic rings. The number of rotatable bonds is 12. The standard InChI is InChI=1S/C19H26ClN5O9P2/c1-11(12-6-4-3-5-7-12)22-16-13-8-21-25(17(13)24-19(20)23-16)18(27)15(26)14(33-2)9-34-36(31,32)10-35(28,29)30/h3-8,11,14-15,18,26-27H,9-10H2,1-2H3,(H,31,32)(H,22,23,24)(H2,28,29,30)/t11-,14-,15-,18-/m1/s1. The summed E-state index contributed by atoms with van der Waals surface area (Å²) in [6.45, 7) is 1.15. The van der Waals surface area contributed by atoms with Crippen LogP contribution in [0.4, 0.5) is 5.82 Å². The van der Waals surface area contributed by atoms with Crippen LogP contribution in [0.2, 0.25) is 5.28 Å². The third-order valence-electron chi connectivity index (χ3n) is 5.12. The highest BCUT2D eigenvalue weighted by Gasteiger charge is 2.35. The molecule has 2 heterocycles. The van der Waals surface area contributed by atoms with Crippen LogP contribution >= 0.6 is 26.8 Å². The quantitative estimate of drug-likeness (QED) is 0.137. The summed E-state index contributed by atoms with van der Waals surface area (Å²) in [5.41, 5.74) is 1.06. The molecule has 1 aromatic carbocycles. The van der Waals surface area contributed by atoms with E-state index in [0.717, 1.165) is 17.4 Å². The first-order valence-corrected chi connectivity index (χ1v) is 14.4. The molecule has 17 heteroatoms. The molecule has 0 spiro atoms. The third kappa shape index (κ3) is 7.30. The SMILES string of the molecule is CO[C@H](COP(=O)(O)CP(=O)(O)O)[C@@H](O)[C@@H](O)n1ncc2c(N[C@H](C)c3ccccc3)nc(Cl)nc21. The van der Waals surface area contributed by atoms with E-state index in [1.807, 2.05) is 37.3 Å². The second-order valence-corrected chi connectivity index (χ2v) is 12.2. The zero-order valence-corrected chi connectivity index (χ0v) is 21.7. The highest BCUT2D eigenvalue weighted by molar-refractivity contribution is 7.70. The molecule has 5 atom stereocenters. The number of aliphatic hydroxyl groups is 2. The predicted octanol–water partition coefficient (Wildman–Crippen LogP) is 1.86. The van der Waals surface area contributed by atoms with Crippen molar-refractivity contribution in [1.29, 1.82) is 0 Å². The van der Waals surface area contributed by atoms with Gasteiger partial charge < -0.3 is 39.5 Å². The zero-order valence-electron chi connectivity index (χ0n) is 19.1. The maximum atomic E-state index is 11.9. The smallest absolute Gasteiger partial charge is 0.340 e. The number of ether oxygens (including phenoxy) is 1. The highest BCUT2D eigenvalue weighted by atomic mass is 35.5. The number of nitrogens with zero attached hydrogens (tertiary/aromatic N) is 4. The Morgan fingerprint density at radius 2 is 1.81 bits per heavy atom. The molecule has 6 N–H and O–H groups in total. The van der Waals surface area contributed by atoms with E-state index in [4.69, 9.17) is 30.6 Å². The van der Waals surface area contributed by atoms with Crippen molar-refractivity contribution in [3.8, 4) is 0 Å². The lowest BCUT2D eigenvalue weighted by Gasteiger charge is -2.26. The average molecular weight is 566 g/mol. The van der Waals surface area contributed by atoms with E-state index in [1.165, 1.54) is 6.20 Å². The highest BCUT2D eigenvalue weighted by Crippen LogP contribution is 2.55. The second-order valence-electron chi connectivity index (χ2n) is 7.86. The maximum absolute atomic E-state index is 11.9. The Labute approximate surface area is 210 Å². The molecule has 0 aliphatic heterocycles. The summed E-state index contributed by atoms with van der Waals surface area (Å²) >= 11 is 6.09. The number of methoxy groups -OCH3 is 1. The lowest BCUT2D eigenvalue weighted by atomic mass is 10.1. The number of nitrogens with one attached hydrogen (secondary N) is 1. The van der Waals surface area contributed by atoms with Gasteiger partial charge in [-0.25, -0.2) is 4.68 Å². The average Bonchev–Trinajstić information content (AvgIpc) is 3.21. The van der Waals surface area contributed by atoms with E-state index in [2.05, 4.69) is 20.4 Å². The molecule has 3 rings (SSSR count). The monoisotopic (exact) mass is 565 g/mol. The van der Waals surface area contributed by atoms with Gasteiger partial charge in [0.15, 0.2) is 17.8 Å². The van der Waals surface area contributed by atoms with Gasteiger partial charge in [-0.05, 0) is 24.1 Å². The summed E-state index contributed by atoms with van der Waals surface area (Å²) < 4.78 is 33.6. The Balaban J connectivity index is 1.81. The topological polar surface area (TPSA) is 209 Å². The first kappa shape index (κ1) is 28.6. The second kappa shape index (κ2) is 11.6. The summed E-state index contributed by atoms with van der Waals surface area (Å²) in [5, 5.41) is 28.9. The van der Waals surface area contributed by atoms with Gasteiger partial charge >= 0.3 is 15.2 Å². The van der Waals surface area contributed by atoms with Crippen LogP contribution in [0, 0.1) is 0 Å². The molecule has 0 aliphatic carbocycles. The van der Waals surface area contributed by atoms with Crippen LogP contribution in [0.5, 0.6) is 0 Å². The van der Waals surface area contributed by atoms with Crippen molar-refractivity contribution in [1.82, 2.24) is 19.7 Å². The van der Waals surface area contributed by atoms with Gasteiger partial charge in [0.1, 0.15) is 18.0 Å². The minimum absolute atomic E-state index is 0.0782. The van der Waals surface area contributed by atoms with Gasteiger partial charge in [-0.3, -0.25) is 9.13 Å². The minimum Gasteiger partial charge on any atom is -0.386 e. The van der Waals surface area contributed by atoms with Crippen molar-refractivity contribution in [2.24, 2.45) is 0 Å². The number of halogens is 1. The Morgan fingerprint density at radius 1 is 1.14 bits per heavy atom. The molecule has 0 amide bonds. The molecule has 1 unspecified atom stereocenters. The normalized spacial score (nSPS) is 17.3. The Hall–Kier alpha value is -1.96. The number of hydrogen-bond acceptors (Lipinski definition) is 10. The first-order chi connectivity index (χ1) is 16.8. The molecule has 0 fully saturated rings. The van der Waals surface area contributed by atoms with Crippen LogP contribution in [0.3, 0.4) is 0 Å². The molecule has 198 valence electrons. The van der Waals surface area contributed by atoms with Crippen molar-refractivity contribution in [2.45, 2.75) is 31.4 Å². The summed E-state index contributed by atoms with van der Waals surface area (Å²) in [6, 6.07) is 9.37. The molecule has 14 nitrogen and oxygen atoms in total. The lowest BCUT2D eigenvalue weighted by Crippen LogP contribution is -2.39. The van der Waals surface area contributed by atoms with Gasteiger partial charge in [-0.2, -0.15) is 15.1 Å². The maximum Gasteiger partial charge on any atom is 0.340 e. The third-order valence-corrected chi connectivity index (χ3v) is 8.75. The fraction of sp³-hybridized carbons (Fsp3) is 0.421. The van der Waals surface area contributed by atoms with Crippen LogP contribution in [-0.4, -0.2) is 76.5 Å². The van der Waals surface area contributed by atoms with Crippen molar-refractivity contribution in [3.05, 3.63) is 47.4 Å². The number of aromatic nitrogens is 4. The molecule has 2 aromatic heterocycles.